The van der Waals surface area contributed by atoms with Crippen LogP contribution in [0.1, 0.15) is 72.1 Å². The standard InChI is InChI=1S/C39H60O16/c1-18(42)51-24-14-39(47)23-7-6-20-13-21(8-10-37(20,2)22(23)9-11-38(39,3)28(24)19-12-27(43)50-17-19)52-36-34(49-5)33(48-4)32(26(16-41)54-36)55-35-31(46)30(45)29(44)25(15-40)53-35/h12,20-26,28-36,40-41,44-47H,6-11,13-17H2,1-5H3/t20-,21-,22-,23-,24-,25+,26+,28+,29+,30-,31+,32+,33-,34+,35-,36+,37-,38+,39-/m0/s1. The summed E-state index contributed by atoms with van der Waals surface area (Å²) < 4.78 is 47.4. The van der Waals surface area contributed by atoms with Crippen molar-refractivity contribution >= 4 is 11.9 Å². The number of methoxy groups -OCH3 is 2. The lowest BCUT2D eigenvalue weighted by Crippen LogP contribution is -2.65. The molecule has 0 aromatic rings. The van der Waals surface area contributed by atoms with Crippen molar-refractivity contribution < 1.29 is 78.1 Å². The quantitative estimate of drug-likeness (QED) is 0.128. The fourth-order valence-electron chi connectivity index (χ4n) is 12.2. The number of carbonyl (C=O) groups is 2. The summed E-state index contributed by atoms with van der Waals surface area (Å²) in [6.45, 7) is 4.84. The lowest BCUT2D eigenvalue weighted by atomic mass is 9.43. The maximum atomic E-state index is 12.9. The van der Waals surface area contributed by atoms with Crippen LogP contribution in [0.15, 0.2) is 11.6 Å². The number of ether oxygens (including phenoxy) is 8. The van der Waals surface area contributed by atoms with Crippen molar-refractivity contribution in [2.24, 2.45) is 34.5 Å². The lowest BCUT2D eigenvalue weighted by Gasteiger charge is -2.63. The number of esters is 2. The molecule has 3 heterocycles. The average molecular weight is 785 g/mol. The van der Waals surface area contributed by atoms with Gasteiger partial charge in [0.25, 0.3) is 0 Å². The van der Waals surface area contributed by atoms with Crippen LogP contribution in [0.25, 0.3) is 0 Å². The minimum absolute atomic E-state index is 0.0143. The highest BCUT2D eigenvalue weighted by Crippen LogP contribution is 2.70. The monoisotopic (exact) mass is 784 g/mol. The smallest absolute Gasteiger partial charge is 0.331 e. The Hall–Kier alpha value is -1.80. The van der Waals surface area contributed by atoms with Gasteiger partial charge in [0.1, 0.15) is 61.5 Å². The molecule has 55 heavy (non-hydrogen) atoms. The highest BCUT2D eigenvalue weighted by Gasteiger charge is 2.71. The summed E-state index contributed by atoms with van der Waals surface area (Å²) in [5, 5.41) is 64.1. The predicted molar refractivity (Wildman–Crippen MR) is 188 cm³/mol. The Bertz CT molecular complexity index is 1440. The van der Waals surface area contributed by atoms with Gasteiger partial charge in [-0.1, -0.05) is 13.8 Å². The molecule has 0 bridgehead atoms. The van der Waals surface area contributed by atoms with Crippen molar-refractivity contribution in [1.82, 2.24) is 0 Å². The summed E-state index contributed by atoms with van der Waals surface area (Å²) in [6, 6.07) is 0. The van der Waals surface area contributed by atoms with Gasteiger partial charge < -0.3 is 68.5 Å². The number of hydrogen-bond donors (Lipinski definition) is 6. The first-order chi connectivity index (χ1) is 26.1. The average Bonchev–Trinajstić information content (AvgIpc) is 3.67. The molecular weight excluding hydrogens is 724 g/mol. The Kier molecular flexibility index (Phi) is 11.8. The molecule has 312 valence electrons. The number of carbonyl (C=O) groups excluding carboxylic acids is 2. The zero-order valence-corrected chi connectivity index (χ0v) is 32.4. The van der Waals surface area contributed by atoms with Gasteiger partial charge in [-0.3, -0.25) is 4.79 Å². The van der Waals surface area contributed by atoms with Crippen molar-refractivity contribution in [3.8, 4) is 0 Å². The van der Waals surface area contributed by atoms with Crippen LogP contribution in [0.4, 0.5) is 0 Å². The van der Waals surface area contributed by atoms with Gasteiger partial charge in [-0.25, -0.2) is 4.79 Å². The van der Waals surface area contributed by atoms with E-state index in [2.05, 4.69) is 13.8 Å². The highest BCUT2D eigenvalue weighted by molar-refractivity contribution is 5.85. The first kappa shape index (κ1) is 41.4. The molecule has 4 saturated carbocycles. The van der Waals surface area contributed by atoms with Crippen molar-refractivity contribution in [3.05, 3.63) is 11.6 Å². The van der Waals surface area contributed by atoms with Crippen LogP contribution in [-0.2, 0) is 47.5 Å². The molecule has 7 rings (SSSR count). The van der Waals surface area contributed by atoms with Gasteiger partial charge in [0.2, 0.25) is 0 Å². The Morgan fingerprint density at radius 3 is 2.20 bits per heavy atom. The van der Waals surface area contributed by atoms with Gasteiger partial charge in [0.15, 0.2) is 12.6 Å². The molecule has 16 heteroatoms. The molecule has 7 aliphatic rings. The summed E-state index contributed by atoms with van der Waals surface area (Å²) in [4.78, 5) is 24.4. The number of cyclic esters (lactones) is 1. The van der Waals surface area contributed by atoms with Crippen LogP contribution in [0, 0.1) is 34.5 Å². The lowest BCUT2D eigenvalue weighted by molar-refractivity contribution is -0.368. The van der Waals surface area contributed by atoms with Gasteiger partial charge in [0, 0.05) is 45.0 Å². The largest absolute Gasteiger partial charge is 0.462 e. The van der Waals surface area contributed by atoms with Gasteiger partial charge >= 0.3 is 11.9 Å². The molecular formula is C39H60O16. The maximum Gasteiger partial charge on any atom is 0.331 e. The Morgan fingerprint density at radius 1 is 0.855 bits per heavy atom. The highest BCUT2D eigenvalue weighted by atomic mass is 16.8. The SMILES string of the molecule is CO[C@@H]1[C@@H](OC)[C@H](O[C@H]2CC[C@@]3(C)[C@@H](CC[C@H]4[C@@H]3CC[C@]3(C)[C@H](C5=CC(=O)OC5)[C@@H](OC(C)=O)C[C@]43O)C2)O[C@H](CO)[C@H]1O[C@@H]1O[C@H](CO)[C@@H](O)[C@H](O)[C@H]1O. The number of aliphatic hydroxyl groups is 6. The number of hydrogen-bond acceptors (Lipinski definition) is 16. The third kappa shape index (κ3) is 6.89. The summed E-state index contributed by atoms with van der Waals surface area (Å²) >= 11 is 0. The minimum atomic E-state index is -1.66. The molecule has 0 amide bonds. The van der Waals surface area contributed by atoms with E-state index in [0.29, 0.717) is 12.3 Å². The van der Waals surface area contributed by atoms with E-state index >= 15 is 0 Å². The zero-order chi connectivity index (χ0) is 39.6. The zero-order valence-electron chi connectivity index (χ0n) is 32.4. The predicted octanol–water partition coefficient (Wildman–Crippen LogP) is 0.103. The first-order valence-electron chi connectivity index (χ1n) is 19.8. The van der Waals surface area contributed by atoms with Crippen molar-refractivity contribution in [3.63, 3.8) is 0 Å². The number of rotatable bonds is 10. The summed E-state index contributed by atoms with van der Waals surface area (Å²) in [7, 11) is 2.93. The first-order valence-corrected chi connectivity index (χ1v) is 19.8. The summed E-state index contributed by atoms with van der Waals surface area (Å²) in [5.74, 6) is -0.615. The van der Waals surface area contributed by atoms with Gasteiger partial charge in [-0.15, -0.1) is 0 Å². The van der Waals surface area contributed by atoms with E-state index in [-0.39, 0.29) is 35.9 Å². The van der Waals surface area contributed by atoms with E-state index in [9.17, 15) is 40.2 Å². The van der Waals surface area contributed by atoms with Crippen molar-refractivity contribution in [2.75, 3.05) is 34.0 Å². The molecule has 2 saturated heterocycles. The molecule has 19 atom stereocenters. The molecule has 16 nitrogen and oxygen atoms in total. The second kappa shape index (κ2) is 15.8. The number of fused-ring (bicyclic) bond motifs is 5. The van der Waals surface area contributed by atoms with E-state index in [1.54, 1.807) is 0 Å². The molecule has 4 aliphatic carbocycles. The Morgan fingerprint density at radius 2 is 1.56 bits per heavy atom. The molecule has 6 fully saturated rings. The second-order valence-corrected chi connectivity index (χ2v) is 17.5. The molecule has 0 unspecified atom stereocenters. The van der Waals surface area contributed by atoms with Crippen LogP contribution >= 0.6 is 0 Å². The fraction of sp³-hybridized carbons (Fsp3) is 0.897. The van der Waals surface area contributed by atoms with Gasteiger partial charge in [0.05, 0.1) is 24.9 Å². The molecule has 0 spiro atoms. The van der Waals surface area contributed by atoms with E-state index in [4.69, 9.17) is 37.9 Å². The van der Waals surface area contributed by atoms with Crippen LogP contribution in [0.2, 0.25) is 0 Å². The Balaban J connectivity index is 1.04. The van der Waals surface area contributed by atoms with E-state index in [0.717, 1.165) is 50.5 Å². The maximum absolute atomic E-state index is 12.9. The van der Waals surface area contributed by atoms with Crippen LogP contribution < -0.4 is 0 Å². The second-order valence-electron chi connectivity index (χ2n) is 17.5. The fourth-order valence-corrected chi connectivity index (χ4v) is 12.2. The van der Waals surface area contributed by atoms with E-state index in [1.807, 2.05) is 0 Å². The van der Waals surface area contributed by atoms with E-state index < -0.39 is 104 Å². The molecule has 0 aromatic carbocycles. The third-order valence-corrected chi connectivity index (χ3v) is 15.0. The normalized spacial score (nSPS) is 51.0. The van der Waals surface area contributed by atoms with Crippen LogP contribution in [0.3, 0.4) is 0 Å². The molecule has 0 aromatic heterocycles. The molecule has 0 radical (unpaired) electrons. The van der Waals surface area contributed by atoms with E-state index in [1.165, 1.54) is 27.2 Å². The van der Waals surface area contributed by atoms with Gasteiger partial charge in [-0.05, 0) is 73.7 Å². The number of aliphatic hydroxyl groups excluding tert-OH is 5. The Labute approximate surface area is 321 Å². The summed E-state index contributed by atoms with van der Waals surface area (Å²) in [5.41, 5.74) is -0.993. The topological polar surface area (TPSA) is 229 Å². The molecule has 3 aliphatic heterocycles. The van der Waals surface area contributed by atoms with Crippen molar-refractivity contribution in [2.45, 2.75) is 151 Å². The third-order valence-electron chi connectivity index (χ3n) is 15.0. The van der Waals surface area contributed by atoms with Gasteiger partial charge in [-0.2, -0.15) is 0 Å². The molecule has 6 N–H and O–H groups in total. The minimum Gasteiger partial charge on any atom is -0.462 e. The van der Waals surface area contributed by atoms with Crippen LogP contribution in [0.5, 0.6) is 0 Å². The summed E-state index contributed by atoms with van der Waals surface area (Å²) in [6.07, 6.45) is -5.55. The van der Waals surface area contributed by atoms with Crippen molar-refractivity contribution in [1.29, 1.82) is 0 Å². The van der Waals surface area contributed by atoms with Crippen LogP contribution in [-0.4, -0.2) is 156 Å².